The molecule has 2 rings (SSSR count). The van der Waals surface area contributed by atoms with Crippen LogP contribution in [0.25, 0.3) is 0 Å². The SMILES string of the molecule is C[C]1[P][C](C)[C](C)[C]1C.[CH]1[CH][CH][CH][CH]1.[Fe]. The predicted octanol–water partition coefficient (Wildman–Crippen LogP) is 4.26. The zero-order chi connectivity index (χ0) is 10.6. The van der Waals surface area contributed by atoms with Crippen molar-refractivity contribution in [1.82, 2.24) is 0 Å². The summed E-state index contributed by atoms with van der Waals surface area (Å²) in [5.74, 6) is 2.99. The van der Waals surface area contributed by atoms with E-state index in [1.54, 1.807) is 0 Å². The maximum Gasteiger partial charge on any atom is 0.00887 e. The van der Waals surface area contributed by atoms with Gasteiger partial charge in [0.1, 0.15) is 0 Å². The summed E-state index contributed by atoms with van der Waals surface area (Å²) >= 11 is 0. The molecular formula is C13H17FeP. The summed E-state index contributed by atoms with van der Waals surface area (Å²) in [5, 5.41) is 0. The average Bonchev–Trinajstić information content (AvgIpc) is 2.78. The molecule has 0 spiro atoms. The van der Waals surface area contributed by atoms with Crippen LogP contribution in [0.1, 0.15) is 27.7 Å². The molecule has 0 amide bonds. The molecule has 2 fully saturated rings. The molecule has 1 saturated carbocycles. The van der Waals surface area contributed by atoms with Gasteiger partial charge in [-0.15, -0.1) is 0 Å². The van der Waals surface area contributed by atoms with Gasteiger partial charge in [0.25, 0.3) is 0 Å². The maximum absolute atomic E-state index is 2.21. The Labute approximate surface area is 109 Å². The molecule has 0 aromatic carbocycles. The van der Waals surface area contributed by atoms with Crippen LogP contribution < -0.4 is 0 Å². The molecule has 0 aromatic heterocycles. The molecule has 1 heterocycles. The standard InChI is InChI=1S/C8H12P.C5H5.Fe/c1-5-6(2)8(4)9-7(5)3;1-2-4-5-3-1;/h1-4H3;1-5H;. The van der Waals surface area contributed by atoms with Crippen LogP contribution >= 0.6 is 8.58 Å². The van der Waals surface area contributed by atoms with E-state index in [1.807, 2.05) is 32.1 Å². The molecule has 0 bridgehead atoms. The van der Waals surface area contributed by atoms with Crippen molar-refractivity contribution in [3.05, 3.63) is 55.3 Å². The Balaban J connectivity index is 0.000000280. The van der Waals surface area contributed by atoms with Gasteiger partial charge in [0.05, 0.1) is 0 Å². The van der Waals surface area contributed by atoms with Gasteiger partial charge in [-0.3, -0.25) is 0 Å². The fraction of sp³-hybridized carbons (Fsp3) is 0.308. The fourth-order valence-corrected chi connectivity index (χ4v) is 2.46. The van der Waals surface area contributed by atoms with Crippen molar-refractivity contribution in [1.29, 1.82) is 0 Å². The summed E-state index contributed by atoms with van der Waals surface area (Å²) in [6.45, 7) is 8.82. The monoisotopic (exact) mass is 260 g/mol. The summed E-state index contributed by atoms with van der Waals surface area (Å²) in [6.07, 6.45) is 10.0. The second kappa shape index (κ2) is 8.10. The summed E-state index contributed by atoms with van der Waals surface area (Å²) < 4.78 is 0. The zero-order valence-electron chi connectivity index (χ0n) is 9.69. The molecule has 2 aliphatic rings. The summed E-state index contributed by atoms with van der Waals surface area (Å²) in [5.41, 5.74) is 3.04. The second-order valence-corrected chi connectivity index (χ2v) is 5.06. The Morgan fingerprint density at radius 3 is 1.07 bits per heavy atom. The van der Waals surface area contributed by atoms with Crippen molar-refractivity contribution in [3.8, 4) is 0 Å². The van der Waals surface area contributed by atoms with Gasteiger partial charge in [0.15, 0.2) is 0 Å². The van der Waals surface area contributed by atoms with Gasteiger partial charge >= 0.3 is 0 Å². The Kier molecular flexibility index (Phi) is 8.61. The molecule has 2 heteroatoms. The zero-order valence-corrected chi connectivity index (χ0v) is 11.7. The van der Waals surface area contributed by atoms with Gasteiger partial charge in [-0.1, -0.05) is 36.3 Å². The van der Waals surface area contributed by atoms with E-state index >= 15 is 0 Å². The van der Waals surface area contributed by atoms with Crippen molar-refractivity contribution in [2.45, 2.75) is 27.7 Å². The number of rotatable bonds is 0. The summed E-state index contributed by atoms with van der Waals surface area (Å²) in [6, 6.07) is 0. The van der Waals surface area contributed by atoms with Crippen LogP contribution in [0.15, 0.2) is 0 Å². The van der Waals surface area contributed by atoms with Crippen LogP contribution in [0.5, 0.6) is 0 Å². The minimum Gasteiger partial charge on any atom is -0.0646 e. The molecule has 0 unspecified atom stereocenters. The van der Waals surface area contributed by atoms with Gasteiger partial charge in [-0.25, -0.2) is 0 Å². The van der Waals surface area contributed by atoms with Crippen LogP contribution in [-0.4, -0.2) is 0 Å². The average molecular weight is 260 g/mol. The van der Waals surface area contributed by atoms with Crippen LogP contribution in [0, 0.1) is 55.3 Å². The third kappa shape index (κ3) is 5.20. The summed E-state index contributed by atoms with van der Waals surface area (Å²) in [7, 11) is 1.44. The van der Waals surface area contributed by atoms with Crippen molar-refractivity contribution >= 4 is 8.58 Å². The molecule has 1 saturated heterocycles. The first-order valence-electron chi connectivity index (χ1n) is 4.86. The molecule has 0 atom stereocenters. The van der Waals surface area contributed by atoms with Crippen LogP contribution in [-0.2, 0) is 17.1 Å². The van der Waals surface area contributed by atoms with Crippen molar-refractivity contribution < 1.29 is 17.1 Å². The molecule has 0 nitrogen and oxygen atoms in total. The van der Waals surface area contributed by atoms with E-state index in [0.717, 1.165) is 0 Å². The van der Waals surface area contributed by atoms with Gasteiger partial charge in [-0.05, 0) is 43.9 Å². The van der Waals surface area contributed by atoms with E-state index in [9.17, 15) is 0 Å². The van der Waals surface area contributed by atoms with E-state index in [-0.39, 0.29) is 17.1 Å². The fourth-order valence-electron chi connectivity index (χ4n) is 1.28. The predicted molar refractivity (Wildman–Crippen MR) is 64.1 cm³/mol. The maximum atomic E-state index is 2.21. The largest absolute Gasteiger partial charge is 0.0646 e. The molecule has 15 heavy (non-hydrogen) atoms. The number of hydrogen-bond donors (Lipinski definition) is 0. The van der Waals surface area contributed by atoms with E-state index in [4.69, 9.17) is 0 Å². The molecule has 0 aromatic rings. The molecular weight excluding hydrogens is 243 g/mol. The Morgan fingerprint density at radius 1 is 0.667 bits per heavy atom. The van der Waals surface area contributed by atoms with E-state index < -0.39 is 0 Å². The van der Waals surface area contributed by atoms with Crippen molar-refractivity contribution in [2.75, 3.05) is 0 Å². The van der Waals surface area contributed by atoms with Crippen molar-refractivity contribution in [2.24, 2.45) is 0 Å². The van der Waals surface area contributed by atoms with Crippen molar-refractivity contribution in [3.63, 3.8) is 0 Å². The van der Waals surface area contributed by atoms with Crippen LogP contribution in [0.2, 0.25) is 0 Å². The van der Waals surface area contributed by atoms with Crippen LogP contribution in [0.3, 0.4) is 0 Å². The third-order valence-corrected chi connectivity index (χ3v) is 3.88. The normalized spacial score (nSPS) is 24.8. The Morgan fingerprint density at radius 2 is 0.933 bits per heavy atom. The Hall–Kier alpha value is 0.949. The third-order valence-electron chi connectivity index (χ3n) is 2.54. The Bertz CT molecular complexity index is 137. The van der Waals surface area contributed by atoms with Gasteiger partial charge in [0, 0.05) is 28.4 Å². The first kappa shape index (κ1) is 15.9. The summed E-state index contributed by atoms with van der Waals surface area (Å²) in [4.78, 5) is 0. The molecule has 1 aliphatic carbocycles. The van der Waals surface area contributed by atoms with Gasteiger partial charge < -0.3 is 0 Å². The van der Waals surface area contributed by atoms with Gasteiger partial charge in [0.2, 0.25) is 0 Å². The molecule has 1 aliphatic heterocycles. The van der Waals surface area contributed by atoms with E-state index in [2.05, 4.69) is 27.7 Å². The van der Waals surface area contributed by atoms with E-state index in [0.29, 0.717) is 0 Å². The first-order valence-corrected chi connectivity index (χ1v) is 5.76. The minimum absolute atomic E-state index is 0. The molecule has 0 N–H and O–H groups in total. The topological polar surface area (TPSA) is 0 Å². The smallest absolute Gasteiger partial charge is 0.00887 e. The molecule has 82 valence electrons. The molecule has 10 radical (unpaired) electrons. The van der Waals surface area contributed by atoms with Gasteiger partial charge in [-0.2, -0.15) is 0 Å². The quantitative estimate of drug-likeness (QED) is 0.451. The number of hydrogen-bond acceptors (Lipinski definition) is 0. The first-order chi connectivity index (χ1) is 6.63. The minimum atomic E-state index is 0. The van der Waals surface area contributed by atoms with E-state index in [1.165, 1.54) is 31.7 Å². The second-order valence-electron chi connectivity index (χ2n) is 3.49. The van der Waals surface area contributed by atoms with Crippen LogP contribution in [0.4, 0.5) is 0 Å².